The van der Waals surface area contributed by atoms with Crippen molar-refractivity contribution in [3.05, 3.63) is 0 Å². The Labute approximate surface area is 97.5 Å². The molecule has 0 radical (unpaired) electrons. The Morgan fingerprint density at radius 2 is 1.69 bits per heavy atom. The average Bonchev–Trinajstić information content (AvgIpc) is 2.66. The Balaban J connectivity index is 1.57. The lowest BCUT2D eigenvalue weighted by molar-refractivity contribution is -0.0501. The van der Waals surface area contributed by atoms with Crippen LogP contribution in [0, 0.1) is 23.2 Å². The van der Waals surface area contributed by atoms with Gasteiger partial charge in [0.1, 0.15) is 6.61 Å². The molecule has 0 aromatic rings. The smallest absolute Gasteiger partial charge is 0.183 e. The van der Waals surface area contributed by atoms with Gasteiger partial charge in [-0.15, -0.1) is 0 Å². The van der Waals surface area contributed by atoms with Crippen LogP contribution in [0.2, 0.25) is 0 Å². The summed E-state index contributed by atoms with van der Waals surface area (Å²) >= 11 is 0. The summed E-state index contributed by atoms with van der Waals surface area (Å²) in [6.07, 6.45) is 10.2. The van der Waals surface area contributed by atoms with E-state index in [0.717, 1.165) is 43.2 Å². The Kier molecular flexibility index (Phi) is 1.92. The van der Waals surface area contributed by atoms with E-state index in [4.69, 9.17) is 4.74 Å². The first-order chi connectivity index (χ1) is 7.81. The first-order valence-corrected chi connectivity index (χ1v) is 6.97. The number of aliphatic imine (C=N–C) groups is 1. The van der Waals surface area contributed by atoms with Crippen LogP contribution in [0.25, 0.3) is 0 Å². The minimum Gasteiger partial charge on any atom is -0.479 e. The molecule has 0 aromatic heterocycles. The summed E-state index contributed by atoms with van der Waals surface area (Å²) in [4.78, 5) is 4.51. The fourth-order valence-electron chi connectivity index (χ4n) is 5.31. The number of ether oxygens (including phenoxy) is 1. The van der Waals surface area contributed by atoms with Gasteiger partial charge in [-0.3, -0.25) is 4.99 Å². The quantitative estimate of drug-likeness (QED) is 0.699. The van der Waals surface area contributed by atoms with Crippen molar-refractivity contribution in [2.45, 2.75) is 44.9 Å². The number of hydrogen-bond acceptors (Lipinski definition) is 2. The minimum atomic E-state index is 0.609. The Hall–Kier alpha value is -0.530. The lowest BCUT2D eigenvalue weighted by Crippen LogP contribution is -2.46. The van der Waals surface area contributed by atoms with Crippen molar-refractivity contribution in [1.82, 2.24) is 0 Å². The van der Waals surface area contributed by atoms with Gasteiger partial charge in [0.15, 0.2) is 5.90 Å². The zero-order chi connectivity index (χ0) is 10.6. The monoisotopic (exact) mass is 219 g/mol. The summed E-state index contributed by atoms with van der Waals surface area (Å²) in [6.45, 7) is 1.74. The van der Waals surface area contributed by atoms with Crippen LogP contribution in [0.15, 0.2) is 4.99 Å². The predicted molar refractivity (Wildman–Crippen MR) is 63.5 cm³/mol. The van der Waals surface area contributed by atoms with E-state index < -0.39 is 0 Å². The third-order valence-electron chi connectivity index (χ3n) is 5.34. The Morgan fingerprint density at radius 3 is 2.19 bits per heavy atom. The van der Waals surface area contributed by atoms with Crippen LogP contribution >= 0.6 is 0 Å². The van der Waals surface area contributed by atoms with Crippen LogP contribution in [0.4, 0.5) is 0 Å². The summed E-state index contributed by atoms with van der Waals surface area (Å²) in [6, 6.07) is 0. The largest absolute Gasteiger partial charge is 0.479 e. The van der Waals surface area contributed by atoms with Crippen molar-refractivity contribution in [2.24, 2.45) is 28.2 Å². The number of rotatable bonds is 2. The second-order valence-electron chi connectivity index (χ2n) is 6.72. The Morgan fingerprint density at radius 1 is 1.06 bits per heavy atom. The van der Waals surface area contributed by atoms with Crippen molar-refractivity contribution >= 4 is 5.90 Å². The van der Waals surface area contributed by atoms with Gasteiger partial charge >= 0.3 is 0 Å². The SMILES string of the molecule is C1COC(CC23CC4CC(CC(C4)C2)C3)=N1. The van der Waals surface area contributed by atoms with Crippen LogP contribution in [0.3, 0.4) is 0 Å². The molecule has 1 aliphatic heterocycles. The van der Waals surface area contributed by atoms with Crippen molar-refractivity contribution in [2.75, 3.05) is 13.2 Å². The summed E-state index contributed by atoms with van der Waals surface area (Å²) in [7, 11) is 0. The second-order valence-corrected chi connectivity index (χ2v) is 6.72. The fraction of sp³-hybridized carbons (Fsp3) is 0.929. The molecular formula is C14H21NO. The molecule has 2 heteroatoms. The second kappa shape index (κ2) is 3.24. The molecule has 4 saturated carbocycles. The van der Waals surface area contributed by atoms with Gasteiger partial charge in [0, 0.05) is 6.42 Å². The molecule has 0 spiro atoms. The summed E-state index contributed by atoms with van der Waals surface area (Å²) in [5, 5.41) is 0. The average molecular weight is 219 g/mol. The van der Waals surface area contributed by atoms with E-state index in [1.54, 1.807) is 0 Å². The zero-order valence-corrected chi connectivity index (χ0v) is 9.95. The van der Waals surface area contributed by atoms with Gasteiger partial charge in [0.25, 0.3) is 0 Å². The van der Waals surface area contributed by atoms with Crippen molar-refractivity contribution < 1.29 is 4.74 Å². The molecule has 0 N–H and O–H groups in total. The van der Waals surface area contributed by atoms with E-state index in [9.17, 15) is 0 Å². The maximum Gasteiger partial charge on any atom is 0.183 e. The highest BCUT2D eigenvalue weighted by molar-refractivity contribution is 5.78. The molecule has 1 heterocycles. The molecular weight excluding hydrogens is 198 g/mol. The van der Waals surface area contributed by atoms with Crippen LogP contribution in [-0.2, 0) is 4.74 Å². The first kappa shape index (κ1) is 9.49. The number of nitrogens with zero attached hydrogens (tertiary/aromatic N) is 1. The molecule has 88 valence electrons. The van der Waals surface area contributed by atoms with E-state index in [0.29, 0.717) is 5.41 Å². The molecule has 16 heavy (non-hydrogen) atoms. The molecule has 2 nitrogen and oxygen atoms in total. The number of hydrogen-bond donors (Lipinski definition) is 0. The molecule has 0 saturated heterocycles. The maximum absolute atomic E-state index is 5.64. The molecule has 4 bridgehead atoms. The van der Waals surface area contributed by atoms with Crippen molar-refractivity contribution in [3.8, 4) is 0 Å². The molecule has 5 rings (SSSR count). The molecule has 0 amide bonds. The summed E-state index contributed by atoms with van der Waals surface area (Å²) in [5.74, 6) is 4.23. The zero-order valence-electron chi connectivity index (χ0n) is 9.95. The lowest BCUT2D eigenvalue weighted by atomic mass is 9.49. The predicted octanol–water partition coefficient (Wildman–Crippen LogP) is 3.02. The van der Waals surface area contributed by atoms with E-state index in [-0.39, 0.29) is 0 Å². The van der Waals surface area contributed by atoms with Crippen molar-refractivity contribution in [3.63, 3.8) is 0 Å². The molecule has 4 fully saturated rings. The molecule has 4 aliphatic carbocycles. The van der Waals surface area contributed by atoms with Gasteiger partial charge in [-0.05, 0) is 61.7 Å². The van der Waals surface area contributed by atoms with Gasteiger partial charge in [0.05, 0.1) is 6.54 Å². The third-order valence-corrected chi connectivity index (χ3v) is 5.34. The van der Waals surface area contributed by atoms with E-state index in [1.807, 2.05) is 0 Å². The highest BCUT2D eigenvalue weighted by Gasteiger charge is 2.51. The Bertz CT molecular complexity index is 298. The van der Waals surface area contributed by atoms with Gasteiger partial charge in [0.2, 0.25) is 0 Å². The highest BCUT2D eigenvalue weighted by atomic mass is 16.5. The minimum absolute atomic E-state index is 0.609. The fourth-order valence-corrected chi connectivity index (χ4v) is 5.31. The first-order valence-electron chi connectivity index (χ1n) is 6.97. The molecule has 0 atom stereocenters. The molecule has 5 aliphatic rings. The van der Waals surface area contributed by atoms with Gasteiger partial charge < -0.3 is 4.74 Å². The standard InChI is InChI=1S/C14H21NO/c1-2-16-13(15-1)9-14-6-10-3-11(7-14)5-12(4-10)8-14/h10-12H,1-9H2. The van der Waals surface area contributed by atoms with Crippen LogP contribution in [-0.4, -0.2) is 19.0 Å². The van der Waals surface area contributed by atoms with Crippen molar-refractivity contribution in [1.29, 1.82) is 0 Å². The maximum atomic E-state index is 5.64. The summed E-state index contributed by atoms with van der Waals surface area (Å²) in [5.41, 5.74) is 0.609. The van der Waals surface area contributed by atoms with Gasteiger partial charge in [-0.25, -0.2) is 0 Å². The van der Waals surface area contributed by atoms with Crippen LogP contribution < -0.4 is 0 Å². The van der Waals surface area contributed by atoms with E-state index in [1.165, 1.54) is 38.5 Å². The molecule has 0 unspecified atom stereocenters. The van der Waals surface area contributed by atoms with Crippen LogP contribution in [0.5, 0.6) is 0 Å². The third kappa shape index (κ3) is 1.42. The van der Waals surface area contributed by atoms with Gasteiger partial charge in [-0.1, -0.05) is 0 Å². The van der Waals surface area contributed by atoms with E-state index in [2.05, 4.69) is 4.99 Å². The topological polar surface area (TPSA) is 21.6 Å². The molecule has 0 aromatic carbocycles. The highest BCUT2D eigenvalue weighted by Crippen LogP contribution is 2.61. The van der Waals surface area contributed by atoms with E-state index >= 15 is 0 Å². The van der Waals surface area contributed by atoms with Crippen LogP contribution in [0.1, 0.15) is 44.9 Å². The normalized spacial score (nSPS) is 49.2. The van der Waals surface area contributed by atoms with Gasteiger partial charge in [-0.2, -0.15) is 0 Å². The lowest BCUT2D eigenvalue weighted by Gasteiger charge is -2.56. The summed E-state index contributed by atoms with van der Waals surface area (Å²) < 4.78 is 5.64.